The van der Waals surface area contributed by atoms with E-state index in [0.29, 0.717) is 35.6 Å². The lowest BCUT2D eigenvalue weighted by atomic mass is 9.84. The van der Waals surface area contributed by atoms with Gasteiger partial charge in [-0.2, -0.15) is 0 Å². The van der Waals surface area contributed by atoms with Gasteiger partial charge in [0.25, 0.3) is 5.91 Å². The minimum absolute atomic E-state index is 0.00567. The monoisotopic (exact) mass is 457 g/mol. The average molecular weight is 458 g/mol. The highest BCUT2D eigenvalue weighted by molar-refractivity contribution is 7.17. The normalized spacial score (nSPS) is 19.0. The molecule has 1 aliphatic heterocycles. The van der Waals surface area contributed by atoms with Crippen LogP contribution >= 0.6 is 11.3 Å². The molecule has 1 unspecified atom stereocenters. The van der Waals surface area contributed by atoms with Gasteiger partial charge in [0.15, 0.2) is 0 Å². The van der Waals surface area contributed by atoms with Gasteiger partial charge in [-0.25, -0.2) is 9.37 Å². The topological polar surface area (TPSA) is 62.3 Å². The van der Waals surface area contributed by atoms with Gasteiger partial charge < -0.3 is 10.2 Å². The van der Waals surface area contributed by atoms with Crippen LogP contribution in [0.4, 0.5) is 4.39 Å². The minimum atomic E-state index is -0.289. The zero-order chi connectivity index (χ0) is 22.7. The number of hydrogen-bond acceptors (Lipinski definition) is 4. The fourth-order valence-corrected chi connectivity index (χ4v) is 5.89. The van der Waals surface area contributed by atoms with Crippen LogP contribution in [0.2, 0.25) is 0 Å². The summed E-state index contributed by atoms with van der Waals surface area (Å²) in [4.78, 5) is 33.0. The summed E-state index contributed by atoms with van der Waals surface area (Å²) < 4.78 is 13.2. The maximum atomic E-state index is 13.2. The van der Waals surface area contributed by atoms with Gasteiger partial charge in [-0.3, -0.25) is 9.59 Å². The molecule has 2 amide bonds. The molecule has 1 saturated heterocycles. The van der Waals surface area contributed by atoms with E-state index in [4.69, 9.17) is 0 Å². The van der Waals surface area contributed by atoms with Crippen LogP contribution in [0.25, 0.3) is 10.6 Å². The molecular weight excluding hydrogens is 425 g/mol. The third kappa shape index (κ3) is 5.20. The number of aryl methyl sites for hydroxylation is 1. The Morgan fingerprint density at radius 1 is 1.09 bits per heavy atom. The number of halogens is 1. The molecule has 32 heavy (non-hydrogen) atoms. The number of benzene rings is 1. The van der Waals surface area contributed by atoms with Gasteiger partial charge in [0.1, 0.15) is 15.7 Å². The largest absolute Gasteiger partial charge is 0.353 e. The standard InChI is InChI=1S/C25H32FN3O2S/c1-16(23(30)28-21-6-4-3-5-7-21)18-12-14-29(15-13-18)25(31)22-17(2)27-24(32-22)19-8-10-20(26)11-9-19/h8-11,16,18,21H,3-7,12-15H2,1-2H3,(H,28,30). The van der Waals surface area contributed by atoms with E-state index in [1.54, 1.807) is 12.1 Å². The first-order valence-corrected chi connectivity index (χ1v) is 12.6. The van der Waals surface area contributed by atoms with E-state index in [1.807, 2.05) is 18.7 Å². The molecule has 4 rings (SSSR count). The Kier molecular flexibility index (Phi) is 7.23. The number of carbonyl (C=O) groups excluding carboxylic acids is 2. The first-order chi connectivity index (χ1) is 15.4. The molecule has 5 nitrogen and oxygen atoms in total. The molecule has 0 bridgehead atoms. The molecule has 1 saturated carbocycles. The van der Waals surface area contributed by atoms with E-state index in [2.05, 4.69) is 10.3 Å². The predicted molar refractivity (Wildman–Crippen MR) is 125 cm³/mol. The first kappa shape index (κ1) is 22.9. The Morgan fingerprint density at radius 2 is 1.75 bits per heavy atom. The van der Waals surface area contributed by atoms with Gasteiger partial charge in [0.2, 0.25) is 5.91 Å². The maximum absolute atomic E-state index is 13.2. The lowest BCUT2D eigenvalue weighted by Crippen LogP contribution is -2.45. The fourth-order valence-electron chi connectivity index (χ4n) is 4.85. The van der Waals surface area contributed by atoms with E-state index in [1.165, 1.54) is 42.7 Å². The number of rotatable bonds is 5. The van der Waals surface area contributed by atoms with Gasteiger partial charge >= 0.3 is 0 Å². The summed E-state index contributed by atoms with van der Waals surface area (Å²) in [7, 11) is 0. The summed E-state index contributed by atoms with van der Waals surface area (Å²) >= 11 is 1.36. The maximum Gasteiger partial charge on any atom is 0.265 e. The highest BCUT2D eigenvalue weighted by Crippen LogP contribution is 2.31. The Morgan fingerprint density at radius 3 is 2.41 bits per heavy atom. The second-order valence-corrected chi connectivity index (χ2v) is 10.2. The Balaban J connectivity index is 1.33. The van der Waals surface area contributed by atoms with Crippen molar-refractivity contribution in [3.63, 3.8) is 0 Å². The lowest BCUT2D eigenvalue weighted by Gasteiger charge is -2.35. The molecule has 0 radical (unpaired) electrons. The van der Waals surface area contributed by atoms with E-state index in [9.17, 15) is 14.0 Å². The lowest BCUT2D eigenvalue weighted by molar-refractivity contribution is -0.127. The van der Waals surface area contributed by atoms with Crippen LogP contribution in [-0.4, -0.2) is 40.8 Å². The third-order valence-corrected chi connectivity index (χ3v) is 8.18. The fraction of sp³-hybridized carbons (Fsp3) is 0.560. The van der Waals surface area contributed by atoms with Gasteiger partial charge in [0.05, 0.1) is 5.69 Å². The molecule has 172 valence electrons. The average Bonchev–Trinajstić information content (AvgIpc) is 3.20. The Hall–Kier alpha value is -2.28. The number of nitrogens with one attached hydrogen (secondary N) is 1. The van der Waals surface area contributed by atoms with Crippen molar-refractivity contribution >= 4 is 23.2 Å². The number of piperidine rings is 1. The van der Waals surface area contributed by atoms with Crippen LogP contribution in [0.15, 0.2) is 24.3 Å². The van der Waals surface area contributed by atoms with Crippen molar-refractivity contribution in [2.45, 2.75) is 64.8 Å². The van der Waals surface area contributed by atoms with Crippen molar-refractivity contribution in [2.24, 2.45) is 11.8 Å². The number of hydrogen-bond donors (Lipinski definition) is 1. The number of amides is 2. The Labute approximate surface area is 193 Å². The van der Waals surface area contributed by atoms with Crippen molar-refractivity contribution in [1.29, 1.82) is 0 Å². The summed E-state index contributed by atoms with van der Waals surface area (Å²) in [6, 6.07) is 6.53. The minimum Gasteiger partial charge on any atom is -0.353 e. The highest BCUT2D eigenvalue weighted by Gasteiger charge is 2.32. The molecule has 1 aliphatic carbocycles. The summed E-state index contributed by atoms with van der Waals surface area (Å²) in [5.74, 6) is 0.169. The second kappa shape index (κ2) is 10.1. The van der Waals surface area contributed by atoms with Gasteiger partial charge in [-0.1, -0.05) is 26.2 Å². The Bertz CT molecular complexity index is 945. The molecular formula is C25H32FN3O2S. The van der Waals surface area contributed by atoms with Crippen LogP contribution in [0.3, 0.4) is 0 Å². The van der Waals surface area contributed by atoms with Gasteiger partial charge in [-0.05, 0) is 62.8 Å². The second-order valence-electron chi connectivity index (χ2n) is 9.20. The van der Waals surface area contributed by atoms with Crippen LogP contribution < -0.4 is 5.32 Å². The SMILES string of the molecule is Cc1nc(-c2ccc(F)cc2)sc1C(=O)N1CCC(C(C)C(=O)NC2CCCCC2)CC1. The highest BCUT2D eigenvalue weighted by atomic mass is 32.1. The zero-order valence-electron chi connectivity index (χ0n) is 18.9. The van der Waals surface area contributed by atoms with Crippen molar-refractivity contribution in [2.75, 3.05) is 13.1 Å². The number of likely N-dealkylation sites (tertiary alicyclic amines) is 1. The summed E-state index contributed by atoms with van der Waals surface area (Å²) in [5, 5.41) is 3.99. The van der Waals surface area contributed by atoms with E-state index >= 15 is 0 Å². The molecule has 1 N–H and O–H groups in total. The van der Waals surface area contributed by atoms with Crippen molar-refractivity contribution < 1.29 is 14.0 Å². The van der Waals surface area contributed by atoms with Crippen molar-refractivity contribution in [1.82, 2.24) is 15.2 Å². The van der Waals surface area contributed by atoms with Crippen molar-refractivity contribution in [3.8, 4) is 10.6 Å². The molecule has 2 aliphatic rings. The summed E-state index contributed by atoms with van der Waals surface area (Å²) in [6.07, 6.45) is 7.57. The molecule has 1 aromatic heterocycles. The van der Waals surface area contributed by atoms with Crippen LogP contribution in [-0.2, 0) is 4.79 Å². The first-order valence-electron chi connectivity index (χ1n) is 11.8. The van der Waals surface area contributed by atoms with E-state index < -0.39 is 0 Å². The zero-order valence-corrected chi connectivity index (χ0v) is 19.7. The van der Waals surface area contributed by atoms with E-state index in [0.717, 1.165) is 36.3 Å². The molecule has 2 heterocycles. The summed E-state index contributed by atoms with van der Waals surface area (Å²) in [6.45, 7) is 5.20. The van der Waals surface area contributed by atoms with Crippen LogP contribution in [0.5, 0.6) is 0 Å². The van der Waals surface area contributed by atoms with E-state index in [-0.39, 0.29) is 23.5 Å². The molecule has 0 spiro atoms. The molecule has 1 atom stereocenters. The third-order valence-electron chi connectivity index (χ3n) is 6.98. The smallest absolute Gasteiger partial charge is 0.265 e. The summed E-state index contributed by atoms with van der Waals surface area (Å²) in [5.41, 5.74) is 1.52. The molecule has 2 aromatic rings. The van der Waals surface area contributed by atoms with Crippen LogP contribution in [0.1, 0.15) is 67.2 Å². The molecule has 2 fully saturated rings. The number of aromatic nitrogens is 1. The predicted octanol–water partition coefficient (Wildman–Crippen LogP) is 5.19. The van der Waals surface area contributed by atoms with Crippen LogP contribution in [0, 0.1) is 24.6 Å². The number of carbonyl (C=O) groups is 2. The van der Waals surface area contributed by atoms with Gasteiger partial charge in [-0.15, -0.1) is 11.3 Å². The number of nitrogens with zero attached hydrogens (tertiary/aromatic N) is 2. The number of thiazole rings is 1. The molecule has 7 heteroatoms. The van der Waals surface area contributed by atoms with Crippen molar-refractivity contribution in [3.05, 3.63) is 40.7 Å². The quantitative estimate of drug-likeness (QED) is 0.672. The molecule has 1 aromatic carbocycles. The van der Waals surface area contributed by atoms with Gasteiger partial charge in [0, 0.05) is 30.6 Å².